The SMILES string of the molecule is CCc1nsc(Nc2cn(C)nc2CC)n1. The molecule has 1 N–H and O–H groups in total. The van der Waals surface area contributed by atoms with Gasteiger partial charge in [0.2, 0.25) is 5.13 Å². The molecule has 2 heterocycles. The van der Waals surface area contributed by atoms with E-state index in [4.69, 9.17) is 0 Å². The van der Waals surface area contributed by atoms with Crippen molar-refractivity contribution in [3.63, 3.8) is 0 Å². The highest BCUT2D eigenvalue weighted by Crippen LogP contribution is 2.21. The summed E-state index contributed by atoms with van der Waals surface area (Å²) in [6.07, 6.45) is 3.74. The molecule has 0 aliphatic rings. The van der Waals surface area contributed by atoms with E-state index >= 15 is 0 Å². The molecule has 0 fully saturated rings. The zero-order valence-corrected chi connectivity index (χ0v) is 10.5. The Hall–Kier alpha value is -1.43. The first-order chi connectivity index (χ1) is 7.72. The Kier molecular flexibility index (Phi) is 3.19. The fourth-order valence-electron chi connectivity index (χ4n) is 1.46. The molecule has 0 aromatic carbocycles. The molecule has 0 bridgehead atoms. The molecule has 0 unspecified atom stereocenters. The maximum Gasteiger partial charge on any atom is 0.207 e. The van der Waals surface area contributed by atoms with Crippen LogP contribution in [0.2, 0.25) is 0 Å². The highest BCUT2D eigenvalue weighted by atomic mass is 32.1. The average Bonchev–Trinajstić information content (AvgIpc) is 2.85. The molecule has 0 saturated heterocycles. The van der Waals surface area contributed by atoms with Crippen molar-refractivity contribution in [3.05, 3.63) is 17.7 Å². The van der Waals surface area contributed by atoms with Crippen LogP contribution in [0, 0.1) is 0 Å². The summed E-state index contributed by atoms with van der Waals surface area (Å²) < 4.78 is 6.04. The number of nitrogens with zero attached hydrogens (tertiary/aromatic N) is 4. The molecule has 86 valence electrons. The van der Waals surface area contributed by atoms with Gasteiger partial charge in [-0.05, 0) is 6.42 Å². The minimum Gasteiger partial charge on any atom is -0.327 e. The fraction of sp³-hybridized carbons (Fsp3) is 0.500. The minimum atomic E-state index is 0.833. The predicted octanol–water partition coefficient (Wildman–Crippen LogP) is 2.14. The second-order valence-electron chi connectivity index (χ2n) is 3.51. The van der Waals surface area contributed by atoms with Crippen LogP contribution in [-0.4, -0.2) is 19.1 Å². The topological polar surface area (TPSA) is 55.6 Å². The Morgan fingerprint density at radius 3 is 2.81 bits per heavy atom. The largest absolute Gasteiger partial charge is 0.327 e. The molecule has 2 aromatic heterocycles. The number of aromatic nitrogens is 4. The molecule has 0 aliphatic carbocycles. The molecule has 2 rings (SSSR count). The van der Waals surface area contributed by atoms with Crippen LogP contribution >= 0.6 is 11.5 Å². The number of anilines is 2. The summed E-state index contributed by atoms with van der Waals surface area (Å²) in [6, 6.07) is 0. The van der Waals surface area contributed by atoms with Gasteiger partial charge in [0.1, 0.15) is 5.82 Å². The van der Waals surface area contributed by atoms with Crippen molar-refractivity contribution in [2.75, 3.05) is 5.32 Å². The predicted molar refractivity (Wildman–Crippen MR) is 65.2 cm³/mol. The Bertz CT molecular complexity index is 473. The number of nitrogens with one attached hydrogen (secondary N) is 1. The molecular weight excluding hydrogens is 222 g/mol. The Morgan fingerprint density at radius 1 is 1.38 bits per heavy atom. The van der Waals surface area contributed by atoms with E-state index in [1.807, 2.05) is 24.9 Å². The van der Waals surface area contributed by atoms with Crippen molar-refractivity contribution in [2.45, 2.75) is 26.7 Å². The van der Waals surface area contributed by atoms with E-state index < -0.39 is 0 Å². The standard InChI is InChI=1S/C10H15N5S/c1-4-7-8(6-15(3)13-7)11-10-12-9(5-2)14-16-10/h6H,4-5H2,1-3H3,(H,11,12,14). The summed E-state index contributed by atoms with van der Waals surface area (Å²) >= 11 is 1.39. The lowest BCUT2D eigenvalue weighted by Crippen LogP contribution is -1.93. The first-order valence-corrected chi connectivity index (χ1v) is 6.12. The lowest BCUT2D eigenvalue weighted by atomic mass is 10.3. The van der Waals surface area contributed by atoms with Gasteiger partial charge in [-0.25, -0.2) is 4.98 Å². The van der Waals surface area contributed by atoms with E-state index in [9.17, 15) is 0 Å². The van der Waals surface area contributed by atoms with Gasteiger partial charge in [0.05, 0.1) is 11.4 Å². The molecule has 0 saturated carbocycles. The summed E-state index contributed by atoms with van der Waals surface area (Å²) in [5, 5.41) is 8.46. The van der Waals surface area contributed by atoms with Gasteiger partial charge >= 0.3 is 0 Å². The van der Waals surface area contributed by atoms with E-state index in [2.05, 4.69) is 26.7 Å². The van der Waals surface area contributed by atoms with Gasteiger partial charge in [0.15, 0.2) is 0 Å². The zero-order valence-electron chi connectivity index (χ0n) is 9.69. The van der Waals surface area contributed by atoms with Crippen molar-refractivity contribution in [2.24, 2.45) is 7.05 Å². The molecule has 6 heteroatoms. The quantitative estimate of drug-likeness (QED) is 0.885. The van der Waals surface area contributed by atoms with Crippen LogP contribution in [0.25, 0.3) is 0 Å². The third-order valence-electron chi connectivity index (χ3n) is 2.27. The van der Waals surface area contributed by atoms with Gasteiger partial charge in [-0.3, -0.25) is 4.68 Å². The Labute approximate surface area is 98.7 Å². The van der Waals surface area contributed by atoms with Gasteiger partial charge < -0.3 is 5.32 Å². The van der Waals surface area contributed by atoms with Crippen LogP contribution in [0.4, 0.5) is 10.8 Å². The third kappa shape index (κ3) is 2.21. The lowest BCUT2D eigenvalue weighted by molar-refractivity contribution is 0.746. The molecule has 0 spiro atoms. The van der Waals surface area contributed by atoms with Crippen molar-refractivity contribution in [1.29, 1.82) is 0 Å². The fourth-order valence-corrected chi connectivity index (χ4v) is 2.13. The summed E-state index contributed by atoms with van der Waals surface area (Å²) in [5.74, 6) is 0.884. The van der Waals surface area contributed by atoms with Crippen LogP contribution in [0.15, 0.2) is 6.20 Å². The first-order valence-electron chi connectivity index (χ1n) is 5.35. The zero-order chi connectivity index (χ0) is 11.5. The normalized spacial score (nSPS) is 10.7. The van der Waals surface area contributed by atoms with Gasteiger partial charge in [-0.15, -0.1) is 0 Å². The molecule has 5 nitrogen and oxygen atoms in total. The highest BCUT2D eigenvalue weighted by Gasteiger charge is 2.08. The van der Waals surface area contributed by atoms with E-state index in [0.717, 1.165) is 35.2 Å². The summed E-state index contributed by atoms with van der Waals surface area (Å²) in [4.78, 5) is 4.37. The third-order valence-corrected chi connectivity index (χ3v) is 2.93. The monoisotopic (exact) mass is 237 g/mol. The maximum absolute atomic E-state index is 4.37. The van der Waals surface area contributed by atoms with Crippen molar-refractivity contribution >= 4 is 22.4 Å². The van der Waals surface area contributed by atoms with E-state index in [0.29, 0.717) is 0 Å². The smallest absolute Gasteiger partial charge is 0.207 e. The molecule has 0 radical (unpaired) electrons. The highest BCUT2D eigenvalue weighted by molar-refractivity contribution is 7.09. The van der Waals surface area contributed by atoms with E-state index in [1.54, 1.807) is 0 Å². The van der Waals surface area contributed by atoms with Gasteiger partial charge in [0, 0.05) is 31.2 Å². The summed E-state index contributed by atoms with van der Waals surface area (Å²) in [5.41, 5.74) is 2.07. The van der Waals surface area contributed by atoms with E-state index in [-0.39, 0.29) is 0 Å². The van der Waals surface area contributed by atoms with Crippen molar-refractivity contribution in [3.8, 4) is 0 Å². The Morgan fingerprint density at radius 2 is 2.19 bits per heavy atom. The van der Waals surface area contributed by atoms with Crippen LogP contribution < -0.4 is 5.32 Å². The second-order valence-corrected chi connectivity index (χ2v) is 4.26. The molecule has 0 amide bonds. The Balaban J connectivity index is 2.19. The molecule has 2 aromatic rings. The van der Waals surface area contributed by atoms with Crippen LogP contribution in [0.5, 0.6) is 0 Å². The number of hydrogen-bond acceptors (Lipinski definition) is 5. The maximum atomic E-state index is 4.37. The van der Waals surface area contributed by atoms with E-state index in [1.165, 1.54) is 11.5 Å². The molecule has 0 aliphatic heterocycles. The molecule has 0 atom stereocenters. The van der Waals surface area contributed by atoms with Gasteiger partial charge in [0.25, 0.3) is 0 Å². The lowest BCUT2D eigenvalue weighted by Gasteiger charge is -1.99. The van der Waals surface area contributed by atoms with Crippen molar-refractivity contribution < 1.29 is 0 Å². The van der Waals surface area contributed by atoms with Gasteiger partial charge in [-0.2, -0.15) is 9.47 Å². The average molecular weight is 237 g/mol. The number of rotatable bonds is 4. The number of hydrogen-bond donors (Lipinski definition) is 1. The minimum absolute atomic E-state index is 0.833. The summed E-state index contributed by atoms with van der Waals surface area (Å²) in [6.45, 7) is 4.14. The number of aryl methyl sites for hydroxylation is 3. The van der Waals surface area contributed by atoms with Crippen molar-refractivity contribution in [1.82, 2.24) is 19.1 Å². The molecule has 16 heavy (non-hydrogen) atoms. The summed E-state index contributed by atoms with van der Waals surface area (Å²) in [7, 11) is 1.92. The van der Waals surface area contributed by atoms with Crippen LogP contribution in [-0.2, 0) is 19.9 Å². The van der Waals surface area contributed by atoms with Crippen LogP contribution in [0.3, 0.4) is 0 Å². The van der Waals surface area contributed by atoms with Gasteiger partial charge in [-0.1, -0.05) is 13.8 Å². The second kappa shape index (κ2) is 4.61. The van der Waals surface area contributed by atoms with Crippen LogP contribution in [0.1, 0.15) is 25.4 Å². The first kappa shape index (κ1) is 11.1. The molecular formula is C10H15N5S.